The van der Waals surface area contributed by atoms with Crippen LogP contribution in [-0.2, 0) is 0 Å². The number of hydrogen-bond donors (Lipinski definition) is 1. The van der Waals surface area contributed by atoms with Crippen molar-refractivity contribution in [2.75, 3.05) is 6.61 Å². The summed E-state index contributed by atoms with van der Waals surface area (Å²) in [4.78, 5) is 4.00. The van der Waals surface area contributed by atoms with Gasteiger partial charge in [0.25, 0.3) is 0 Å². The maximum absolute atomic E-state index is 8.68. The number of aliphatic hydroxyl groups is 1. The fourth-order valence-corrected chi connectivity index (χ4v) is 1.55. The first-order valence-corrected chi connectivity index (χ1v) is 4.31. The molecule has 0 aliphatic carbocycles. The SMILES string of the molecule is C/C(=C/c1ncc(Cl)s1)CO. The fourth-order valence-electron chi connectivity index (χ4n) is 0.590. The molecule has 1 rings (SSSR count). The van der Waals surface area contributed by atoms with Crippen LogP contribution in [0.25, 0.3) is 6.08 Å². The Morgan fingerprint density at radius 2 is 2.64 bits per heavy atom. The van der Waals surface area contributed by atoms with E-state index in [1.807, 2.05) is 13.0 Å². The second kappa shape index (κ2) is 3.85. The second-order valence-corrected chi connectivity index (χ2v) is 3.84. The highest BCUT2D eigenvalue weighted by Gasteiger charge is 1.95. The molecule has 0 unspecified atom stereocenters. The van der Waals surface area contributed by atoms with E-state index in [0.29, 0.717) is 4.34 Å². The first-order chi connectivity index (χ1) is 5.22. The molecule has 0 saturated carbocycles. The summed E-state index contributed by atoms with van der Waals surface area (Å²) in [6.07, 6.45) is 3.42. The zero-order chi connectivity index (χ0) is 8.27. The van der Waals surface area contributed by atoms with Gasteiger partial charge in [0.05, 0.1) is 12.8 Å². The van der Waals surface area contributed by atoms with Crippen LogP contribution in [0.1, 0.15) is 11.9 Å². The van der Waals surface area contributed by atoms with Gasteiger partial charge in [0.2, 0.25) is 0 Å². The molecule has 0 aliphatic rings. The van der Waals surface area contributed by atoms with E-state index in [-0.39, 0.29) is 6.61 Å². The van der Waals surface area contributed by atoms with Crippen LogP contribution in [0.4, 0.5) is 0 Å². The molecule has 1 aromatic heterocycles. The summed E-state index contributed by atoms with van der Waals surface area (Å²) in [5.41, 5.74) is 0.885. The maximum atomic E-state index is 8.68. The number of halogens is 1. The number of nitrogens with zero attached hydrogens (tertiary/aromatic N) is 1. The van der Waals surface area contributed by atoms with Gasteiger partial charge < -0.3 is 5.11 Å². The van der Waals surface area contributed by atoms with Crippen LogP contribution in [0.3, 0.4) is 0 Å². The largest absolute Gasteiger partial charge is 0.392 e. The molecule has 60 valence electrons. The molecule has 0 bridgehead atoms. The van der Waals surface area contributed by atoms with Gasteiger partial charge in [-0.15, -0.1) is 11.3 Å². The van der Waals surface area contributed by atoms with Crippen LogP contribution < -0.4 is 0 Å². The first-order valence-electron chi connectivity index (χ1n) is 3.11. The summed E-state index contributed by atoms with van der Waals surface area (Å²) in [5, 5.41) is 9.51. The molecule has 1 aromatic rings. The molecule has 1 N–H and O–H groups in total. The van der Waals surface area contributed by atoms with Gasteiger partial charge in [-0.25, -0.2) is 4.98 Å². The molecule has 0 aromatic carbocycles. The molecule has 0 atom stereocenters. The van der Waals surface area contributed by atoms with Crippen LogP contribution in [-0.4, -0.2) is 16.7 Å². The van der Waals surface area contributed by atoms with E-state index in [1.54, 1.807) is 6.20 Å². The van der Waals surface area contributed by atoms with Crippen molar-refractivity contribution < 1.29 is 5.11 Å². The second-order valence-electron chi connectivity index (χ2n) is 2.15. The molecule has 0 aliphatic heterocycles. The van der Waals surface area contributed by atoms with Crippen LogP contribution in [0.2, 0.25) is 4.34 Å². The Hall–Kier alpha value is -0.380. The lowest BCUT2D eigenvalue weighted by molar-refractivity contribution is 0.332. The minimum atomic E-state index is 0.0667. The lowest BCUT2D eigenvalue weighted by atomic mass is 10.3. The average molecular weight is 190 g/mol. The summed E-state index contributed by atoms with van der Waals surface area (Å²) >= 11 is 7.05. The van der Waals surface area contributed by atoms with Gasteiger partial charge in [-0.05, 0) is 18.6 Å². The average Bonchev–Trinajstić information content (AvgIpc) is 2.35. The predicted molar refractivity (Wildman–Crippen MR) is 47.9 cm³/mol. The van der Waals surface area contributed by atoms with Crippen LogP contribution in [0.15, 0.2) is 11.8 Å². The van der Waals surface area contributed by atoms with E-state index >= 15 is 0 Å². The fraction of sp³-hybridized carbons (Fsp3) is 0.286. The zero-order valence-corrected chi connectivity index (χ0v) is 7.61. The molecule has 0 amide bonds. The van der Waals surface area contributed by atoms with E-state index in [9.17, 15) is 0 Å². The van der Waals surface area contributed by atoms with Gasteiger partial charge in [0.15, 0.2) is 0 Å². The topological polar surface area (TPSA) is 33.1 Å². The lowest BCUT2D eigenvalue weighted by Gasteiger charge is -1.89. The predicted octanol–water partition coefficient (Wildman–Crippen LogP) is 2.19. The summed E-state index contributed by atoms with van der Waals surface area (Å²) in [7, 11) is 0. The van der Waals surface area contributed by atoms with E-state index in [2.05, 4.69) is 4.98 Å². The van der Waals surface area contributed by atoms with Crippen molar-refractivity contribution in [3.05, 3.63) is 21.1 Å². The van der Waals surface area contributed by atoms with Crippen molar-refractivity contribution in [2.24, 2.45) is 0 Å². The van der Waals surface area contributed by atoms with Crippen molar-refractivity contribution in [3.63, 3.8) is 0 Å². The molecule has 11 heavy (non-hydrogen) atoms. The van der Waals surface area contributed by atoms with Gasteiger partial charge in [-0.1, -0.05) is 11.6 Å². The third kappa shape index (κ3) is 2.61. The van der Waals surface area contributed by atoms with Crippen LogP contribution in [0.5, 0.6) is 0 Å². The Labute approximate surface area is 74.2 Å². The quantitative estimate of drug-likeness (QED) is 0.774. The molecule has 2 nitrogen and oxygen atoms in total. The standard InChI is InChI=1S/C7H8ClNOS/c1-5(4-10)2-7-9-3-6(8)11-7/h2-3,10H,4H2,1H3/b5-2-. The molecular weight excluding hydrogens is 182 g/mol. The highest BCUT2D eigenvalue weighted by Crippen LogP contribution is 2.20. The Balaban J connectivity index is 2.78. The third-order valence-corrected chi connectivity index (χ3v) is 2.18. The number of aromatic nitrogens is 1. The molecule has 0 radical (unpaired) electrons. The summed E-state index contributed by atoms with van der Waals surface area (Å²) in [5.74, 6) is 0. The Morgan fingerprint density at radius 3 is 3.09 bits per heavy atom. The minimum Gasteiger partial charge on any atom is -0.392 e. The normalized spacial score (nSPS) is 12.1. The molecule has 4 heteroatoms. The first kappa shape index (κ1) is 8.71. The van der Waals surface area contributed by atoms with Crippen molar-refractivity contribution in [2.45, 2.75) is 6.92 Å². The van der Waals surface area contributed by atoms with Crippen molar-refractivity contribution in [1.82, 2.24) is 4.98 Å². The number of aliphatic hydroxyl groups excluding tert-OH is 1. The van der Waals surface area contributed by atoms with Gasteiger partial charge in [-0.2, -0.15) is 0 Å². The Bertz CT molecular complexity index is 269. The van der Waals surface area contributed by atoms with Gasteiger partial charge >= 0.3 is 0 Å². The van der Waals surface area contributed by atoms with Crippen LogP contribution >= 0.6 is 22.9 Å². The Kier molecular flexibility index (Phi) is 3.05. The van der Waals surface area contributed by atoms with E-state index in [4.69, 9.17) is 16.7 Å². The maximum Gasteiger partial charge on any atom is 0.117 e. The smallest absolute Gasteiger partial charge is 0.117 e. The lowest BCUT2D eigenvalue weighted by Crippen LogP contribution is -1.82. The molecule has 0 saturated heterocycles. The van der Waals surface area contributed by atoms with E-state index < -0.39 is 0 Å². The number of rotatable bonds is 2. The third-order valence-electron chi connectivity index (χ3n) is 1.11. The summed E-state index contributed by atoms with van der Waals surface area (Å²) in [6, 6.07) is 0. The monoisotopic (exact) mass is 189 g/mol. The van der Waals surface area contributed by atoms with E-state index in [1.165, 1.54) is 11.3 Å². The van der Waals surface area contributed by atoms with Crippen LogP contribution in [0, 0.1) is 0 Å². The van der Waals surface area contributed by atoms with E-state index in [0.717, 1.165) is 10.6 Å². The number of hydrogen-bond acceptors (Lipinski definition) is 3. The molecular formula is C7H8ClNOS. The van der Waals surface area contributed by atoms with Gasteiger partial charge in [0, 0.05) is 0 Å². The minimum absolute atomic E-state index is 0.0667. The van der Waals surface area contributed by atoms with Crippen molar-refractivity contribution >= 4 is 29.0 Å². The molecule has 0 spiro atoms. The Morgan fingerprint density at radius 1 is 1.91 bits per heavy atom. The van der Waals surface area contributed by atoms with Crippen molar-refractivity contribution in [1.29, 1.82) is 0 Å². The highest BCUT2D eigenvalue weighted by molar-refractivity contribution is 7.16. The van der Waals surface area contributed by atoms with Gasteiger partial charge in [0.1, 0.15) is 9.34 Å². The zero-order valence-electron chi connectivity index (χ0n) is 6.04. The van der Waals surface area contributed by atoms with Crippen molar-refractivity contribution in [3.8, 4) is 0 Å². The highest BCUT2D eigenvalue weighted by atomic mass is 35.5. The summed E-state index contributed by atoms with van der Waals surface area (Å²) < 4.78 is 0.669. The molecule has 0 fully saturated rings. The van der Waals surface area contributed by atoms with Gasteiger partial charge in [-0.3, -0.25) is 0 Å². The number of thiazole rings is 1. The summed E-state index contributed by atoms with van der Waals surface area (Å²) in [6.45, 7) is 1.91. The molecule has 1 heterocycles.